The smallest absolute Gasteiger partial charge is 0.336 e. The molecule has 12 nitrogen and oxygen atoms in total. The largest absolute Gasteiger partial charge is 0.464 e. The molecule has 0 saturated carbocycles. The fourth-order valence-electron chi connectivity index (χ4n) is 4.31. The van der Waals surface area contributed by atoms with Gasteiger partial charge in [0.2, 0.25) is 6.29 Å². The lowest BCUT2D eigenvalue weighted by atomic mass is 9.96. The lowest BCUT2D eigenvalue weighted by Crippen LogP contribution is -2.61. The molecule has 4 rings (SSSR count). The maximum Gasteiger partial charge on any atom is 0.336 e. The zero-order chi connectivity index (χ0) is 27.9. The molecule has 2 aromatic carbocycles. The summed E-state index contributed by atoms with van der Waals surface area (Å²) in [6, 6.07) is 14.4. The van der Waals surface area contributed by atoms with Gasteiger partial charge in [0.1, 0.15) is 36.2 Å². The Hall–Kier alpha value is -4.38. The summed E-state index contributed by atoms with van der Waals surface area (Å²) in [5.74, 6) is -0.960. The second-order valence-corrected chi connectivity index (χ2v) is 8.90. The van der Waals surface area contributed by atoms with Crippen molar-refractivity contribution in [3.05, 3.63) is 86.6 Å². The van der Waals surface area contributed by atoms with E-state index in [1.807, 2.05) is 30.3 Å². The van der Waals surface area contributed by atoms with Crippen molar-refractivity contribution in [2.45, 2.75) is 58.0 Å². The highest BCUT2D eigenvalue weighted by atomic mass is 16.7. The van der Waals surface area contributed by atoms with Crippen molar-refractivity contribution in [1.82, 2.24) is 0 Å². The molecule has 39 heavy (non-hydrogen) atoms. The minimum atomic E-state index is -1.25. The summed E-state index contributed by atoms with van der Waals surface area (Å²) in [5.41, 5.74) is 10.7. The second-order valence-electron chi connectivity index (χ2n) is 8.90. The molecule has 5 atom stereocenters. The van der Waals surface area contributed by atoms with E-state index in [-0.39, 0.29) is 19.0 Å². The summed E-state index contributed by atoms with van der Waals surface area (Å²) in [6.45, 7) is 4.04. The van der Waals surface area contributed by atoms with Crippen LogP contribution in [-0.2, 0) is 35.1 Å². The number of benzene rings is 2. The Bertz CT molecular complexity index is 1440. The predicted octanol–water partition coefficient (Wildman–Crippen LogP) is 3.96. The van der Waals surface area contributed by atoms with Gasteiger partial charge in [0, 0.05) is 36.3 Å². The van der Waals surface area contributed by atoms with Crippen LogP contribution in [0.1, 0.15) is 25.0 Å². The maximum atomic E-state index is 12.0. The number of aryl methyl sites for hydroxylation is 1. The van der Waals surface area contributed by atoms with E-state index in [9.17, 15) is 19.9 Å². The van der Waals surface area contributed by atoms with Gasteiger partial charge >= 0.3 is 17.6 Å². The summed E-state index contributed by atoms with van der Waals surface area (Å²) >= 11 is 0. The first-order chi connectivity index (χ1) is 18.7. The molecule has 204 valence electrons. The first-order valence-electron chi connectivity index (χ1n) is 12.1. The Labute approximate surface area is 223 Å². The highest BCUT2D eigenvalue weighted by molar-refractivity contribution is 5.81. The van der Waals surface area contributed by atoms with Crippen LogP contribution in [-0.4, -0.2) is 49.2 Å². The molecule has 0 aliphatic carbocycles. The number of ether oxygens (including phenoxy) is 5. The van der Waals surface area contributed by atoms with E-state index in [0.29, 0.717) is 11.0 Å². The Morgan fingerprint density at radius 3 is 2.51 bits per heavy atom. The van der Waals surface area contributed by atoms with E-state index >= 15 is 0 Å². The lowest BCUT2D eigenvalue weighted by molar-refractivity contribution is -0.257. The zero-order valence-electron chi connectivity index (χ0n) is 21.5. The van der Waals surface area contributed by atoms with E-state index in [2.05, 4.69) is 10.0 Å². The monoisotopic (exact) mass is 537 g/mol. The normalized spacial score (nSPS) is 22.5. The molecule has 0 bridgehead atoms. The maximum absolute atomic E-state index is 12.0. The number of fused-ring (bicyclic) bond motifs is 1. The Morgan fingerprint density at radius 2 is 1.82 bits per heavy atom. The van der Waals surface area contributed by atoms with E-state index in [1.54, 1.807) is 19.1 Å². The van der Waals surface area contributed by atoms with E-state index in [1.165, 1.54) is 26.0 Å². The zero-order valence-corrected chi connectivity index (χ0v) is 21.5. The summed E-state index contributed by atoms with van der Waals surface area (Å²) in [4.78, 5) is 38.4. The van der Waals surface area contributed by atoms with Crippen molar-refractivity contribution < 1.29 is 37.7 Å². The number of hydrogen-bond donors (Lipinski definition) is 0. The molecule has 2 heterocycles. The molecular formula is C27H27N3O9. The molecule has 0 unspecified atom stereocenters. The van der Waals surface area contributed by atoms with E-state index < -0.39 is 48.2 Å². The molecule has 0 radical (unpaired) electrons. The molecule has 1 aliphatic rings. The van der Waals surface area contributed by atoms with Crippen LogP contribution < -0.4 is 10.4 Å². The summed E-state index contributed by atoms with van der Waals surface area (Å²) in [6.07, 6.45) is -4.40. The number of rotatable bonds is 9. The summed E-state index contributed by atoms with van der Waals surface area (Å²) in [7, 11) is 0. The van der Waals surface area contributed by atoms with Crippen molar-refractivity contribution >= 4 is 22.9 Å². The van der Waals surface area contributed by atoms with Crippen LogP contribution in [0, 0.1) is 6.92 Å². The first-order valence-corrected chi connectivity index (χ1v) is 12.1. The van der Waals surface area contributed by atoms with Gasteiger partial charge in [-0.1, -0.05) is 35.4 Å². The highest BCUT2D eigenvalue weighted by Crippen LogP contribution is 2.32. The molecule has 1 aliphatic heterocycles. The Kier molecular flexibility index (Phi) is 8.82. The number of hydrogen-bond acceptors (Lipinski definition) is 10. The minimum absolute atomic E-state index is 0.0914. The number of carbonyl (C=O) groups is 2. The third-order valence-electron chi connectivity index (χ3n) is 6.01. The van der Waals surface area contributed by atoms with Crippen molar-refractivity contribution in [2.75, 3.05) is 6.61 Å². The van der Waals surface area contributed by atoms with Crippen LogP contribution in [0.3, 0.4) is 0 Å². The quantitative estimate of drug-likeness (QED) is 0.129. The van der Waals surface area contributed by atoms with Gasteiger partial charge in [0.25, 0.3) is 0 Å². The van der Waals surface area contributed by atoms with Crippen LogP contribution in [0.4, 0.5) is 0 Å². The summed E-state index contributed by atoms with van der Waals surface area (Å²) in [5, 5.41) is 4.58. The third kappa shape index (κ3) is 6.94. The van der Waals surface area contributed by atoms with Gasteiger partial charge in [-0.05, 0) is 35.7 Å². The molecule has 3 aromatic rings. The highest BCUT2D eigenvalue weighted by Gasteiger charge is 2.50. The SMILES string of the molecule is CC(=O)OC[C@H]1O[C@@H](Oc2ccc3c(C)cc(=O)oc3c2)[C@H](N=[N+]=[N-])[C@@H](OCc2ccccc2)[C@@H]1OC(C)=O. The van der Waals surface area contributed by atoms with Crippen molar-refractivity contribution in [2.24, 2.45) is 5.11 Å². The fraction of sp³-hybridized carbons (Fsp3) is 0.370. The molecule has 0 N–H and O–H groups in total. The van der Waals surface area contributed by atoms with Gasteiger partial charge in [0.15, 0.2) is 6.10 Å². The molecule has 0 spiro atoms. The number of esters is 2. The van der Waals surface area contributed by atoms with E-state index in [0.717, 1.165) is 11.1 Å². The topological polar surface area (TPSA) is 159 Å². The van der Waals surface area contributed by atoms with Crippen molar-refractivity contribution in [1.29, 1.82) is 0 Å². The molecule has 0 amide bonds. The van der Waals surface area contributed by atoms with Gasteiger partial charge in [-0.3, -0.25) is 9.59 Å². The van der Waals surface area contributed by atoms with Crippen molar-refractivity contribution in [3.63, 3.8) is 0 Å². The fourth-order valence-corrected chi connectivity index (χ4v) is 4.31. The molecule has 1 aromatic heterocycles. The number of nitrogens with zero attached hydrogens (tertiary/aromatic N) is 3. The first kappa shape index (κ1) is 27.6. The van der Waals surface area contributed by atoms with Gasteiger partial charge in [-0.15, -0.1) is 0 Å². The molecule has 12 heteroatoms. The summed E-state index contributed by atoms with van der Waals surface area (Å²) < 4.78 is 34.3. The average molecular weight is 538 g/mol. The number of azide groups is 1. The van der Waals surface area contributed by atoms with Crippen molar-refractivity contribution in [3.8, 4) is 5.75 Å². The predicted molar refractivity (Wildman–Crippen MR) is 137 cm³/mol. The van der Waals surface area contributed by atoms with E-state index in [4.69, 9.17) is 28.1 Å². The standard InChI is InChI=1S/C27H27N3O9/c1-15-11-23(33)38-21-12-19(9-10-20(15)21)37-27-24(29-30-28)26(35-13-18-7-5-4-6-8-18)25(36-17(3)32)22(39-27)14-34-16(2)31/h4-12,22,24-27H,13-14H2,1-3H3/t22-,24-,25-,26-,27-/m1/s1. The molecule has 1 fully saturated rings. The molecular weight excluding hydrogens is 510 g/mol. The van der Waals surface area contributed by atoms with Crippen LogP contribution in [0.25, 0.3) is 21.4 Å². The van der Waals surface area contributed by atoms with Gasteiger partial charge < -0.3 is 28.1 Å². The van der Waals surface area contributed by atoms with Gasteiger partial charge in [-0.2, -0.15) is 0 Å². The molecule has 1 saturated heterocycles. The van der Waals surface area contributed by atoms with Crippen LogP contribution >= 0.6 is 0 Å². The Morgan fingerprint density at radius 1 is 1.05 bits per heavy atom. The van der Waals surface area contributed by atoms with Crippen LogP contribution in [0.15, 0.2) is 68.9 Å². The second kappa shape index (κ2) is 12.4. The van der Waals surface area contributed by atoms with Gasteiger partial charge in [-0.25, -0.2) is 4.79 Å². The third-order valence-corrected chi connectivity index (χ3v) is 6.01. The number of carbonyl (C=O) groups excluding carboxylic acids is 2. The minimum Gasteiger partial charge on any atom is -0.464 e. The average Bonchev–Trinajstić information content (AvgIpc) is 2.89. The Balaban J connectivity index is 1.70. The lowest BCUT2D eigenvalue weighted by Gasteiger charge is -2.43. The van der Waals surface area contributed by atoms with Crippen LogP contribution in [0.5, 0.6) is 5.75 Å². The van der Waals surface area contributed by atoms with Crippen LogP contribution in [0.2, 0.25) is 0 Å². The van der Waals surface area contributed by atoms with Gasteiger partial charge in [0.05, 0.1) is 6.61 Å².